The van der Waals surface area contributed by atoms with Crippen LogP contribution >= 0.6 is 31.9 Å². The van der Waals surface area contributed by atoms with Crippen LogP contribution in [0.2, 0.25) is 0 Å². The summed E-state index contributed by atoms with van der Waals surface area (Å²) in [5.41, 5.74) is 1.82. The summed E-state index contributed by atoms with van der Waals surface area (Å²) in [6.45, 7) is 4.12. The zero-order valence-corrected chi connectivity index (χ0v) is 9.41. The maximum absolute atomic E-state index is 4.12. The first-order chi connectivity index (χ1) is 5.15. The third kappa shape index (κ3) is 1.15. The topological polar surface area (TPSA) is 0 Å². The summed E-state index contributed by atoms with van der Waals surface area (Å²) in [6, 6.07) is 0. The van der Waals surface area contributed by atoms with Gasteiger partial charge in [-0.2, -0.15) is 0 Å². The zero-order valence-electron chi connectivity index (χ0n) is 6.24. The molecule has 2 aliphatic rings. The molecule has 0 heterocycles. The second-order valence-electron chi connectivity index (χ2n) is 3.52. The molecule has 2 rings (SSSR count). The molecule has 2 atom stereocenters. The van der Waals surface area contributed by atoms with Gasteiger partial charge in [0.05, 0.1) is 3.39 Å². The minimum atomic E-state index is 0.391. The Balaban J connectivity index is 2.25. The Labute approximate surface area is 84.0 Å². The van der Waals surface area contributed by atoms with E-state index in [9.17, 15) is 0 Å². The number of allylic oxidation sites excluding steroid dienone is 2. The highest BCUT2D eigenvalue weighted by Gasteiger charge is 2.57. The lowest BCUT2D eigenvalue weighted by Crippen LogP contribution is -1.95. The van der Waals surface area contributed by atoms with E-state index in [1.54, 1.807) is 0 Å². The molecule has 0 saturated heterocycles. The summed E-state index contributed by atoms with van der Waals surface area (Å²) >= 11 is 6.82. The van der Waals surface area contributed by atoms with Crippen LogP contribution in [0.1, 0.15) is 19.3 Å². The molecule has 0 spiro atoms. The highest BCUT2D eigenvalue weighted by molar-refractivity contribution is 9.28. The average molecular weight is 279 g/mol. The van der Waals surface area contributed by atoms with E-state index in [2.05, 4.69) is 44.5 Å². The summed E-state index contributed by atoms with van der Waals surface area (Å²) in [6.07, 6.45) is 6.18. The first kappa shape index (κ1) is 8.06. The van der Waals surface area contributed by atoms with Crippen LogP contribution < -0.4 is 0 Å². The van der Waals surface area contributed by atoms with Gasteiger partial charge in [-0.3, -0.25) is 0 Å². The Morgan fingerprint density at radius 1 is 1.64 bits per heavy atom. The minimum absolute atomic E-state index is 0.391. The van der Waals surface area contributed by atoms with Crippen LogP contribution in [0.4, 0.5) is 0 Å². The zero-order chi connectivity index (χ0) is 8.06. The third-order valence-electron chi connectivity index (χ3n) is 2.97. The van der Waals surface area contributed by atoms with Crippen LogP contribution in [0.3, 0.4) is 0 Å². The fourth-order valence-electron chi connectivity index (χ4n) is 2.20. The fourth-order valence-corrected chi connectivity index (χ4v) is 3.01. The van der Waals surface area contributed by atoms with Gasteiger partial charge in [0, 0.05) is 5.41 Å². The molecule has 2 saturated carbocycles. The largest absolute Gasteiger partial charge is 0.0990 e. The Kier molecular flexibility index (Phi) is 1.80. The monoisotopic (exact) mass is 277 g/mol. The molecule has 60 valence electrons. The number of hydrogen-bond donors (Lipinski definition) is 0. The Morgan fingerprint density at radius 2 is 2.36 bits per heavy atom. The lowest BCUT2D eigenvalue weighted by molar-refractivity contribution is 0.742. The standard InChI is InChI=1S/C9H10Br2/c1-6-2-3-7-4-9(6,7)5-8(10)11/h5,7H,1-4H2/t7-,9+/m1/s1/i1+1. The molecule has 2 aliphatic carbocycles. The predicted octanol–water partition coefficient (Wildman–Crippen LogP) is 3.97. The Hall–Kier alpha value is 0.440. The van der Waals surface area contributed by atoms with Gasteiger partial charge < -0.3 is 0 Å². The predicted molar refractivity (Wildman–Crippen MR) is 54.9 cm³/mol. The Morgan fingerprint density at radius 3 is 2.73 bits per heavy atom. The molecule has 2 fully saturated rings. The van der Waals surface area contributed by atoms with Crippen molar-refractivity contribution >= 4 is 31.9 Å². The lowest BCUT2D eigenvalue weighted by Gasteiger charge is -2.07. The van der Waals surface area contributed by atoms with Crippen LogP contribution in [0.15, 0.2) is 21.6 Å². The van der Waals surface area contributed by atoms with E-state index in [1.807, 2.05) is 0 Å². The molecule has 0 N–H and O–H groups in total. The summed E-state index contributed by atoms with van der Waals surface area (Å²) in [4.78, 5) is 0. The summed E-state index contributed by atoms with van der Waals surface area (Å²) in [7, 11) is 0. The molecular formula is C9H10Br2. The lowest BCUT2D eigenvalue weighted by atomic mass is 10.0. The summed E-state index contributed by atoms with van der Waals surface area (Å²) in [5, 5.41) is 0. The van der Waals surface area contributed by atoms with E-state index in [0.717, 1.165) is 9.31 Å². The van der Waals surface area contributed by atoms with Crippen molar-refractivity contribution in [3.63, 3.8) is 0 Å². The molecule has 0 radical (unpaired) electrons. The molecule has 11 heavy (non-hydrogen) atoms. The number of rotatable bonds is 1. The SMILES string of the molecule is [13CH2]=C1CC[C@@H]2C[C@]12C=C(Br)Br. The van der Waals surface area contributed by atoms with Gasteiger partial charge in [0.1, 0.15) is 0 Å². The van der Waals surface area contributed by atoms with Crippen molar-refractivity contribution in [3.05, 3.63) is 21.6 Å². The second kappa shape index (κ2) is 2.46. The molecule has 0 aromatic carbocycles. The first-order valence-electron chi connectivity index (χ1n) is 3.87. The summed E-state index contributed by atoms with van der Waals surface area (Å²) in [5.74, 6) is 0.903. The van der Waals surface area contributed by atoms with Gasteiger partial charge in [-0.15, -0.1) is 0 Å². The van der Waals surface area contributed by atoms with E-state index in [4.69, 9.17) is 0 Å². The van der Waals surface area contributed by atoms with Crippen LogP contribution in [0.5, 0.6) is 0 Å². The number of fused-ring (bicyclic) bond motifs is 1. The van der Waals surface area contributed by atoms with Crippen LogP contribution in [-0.4, -0.2) is 0 Å². The maximum atomic E-state index is 4.12. The molecule has 0 aliphatic heterocycles. The number of halogens is 2. The highest BCUT2D eigenvalue weighted by atomic mass is 79.9. The van der Waals surface area contributed by atoms with Gasteiger partial charge in [-0.1, -0.05) is 18.2 Å². The van der Waals surface area contributed by atoms with E-state index in [-0.39, 0.29) is 0 Å². The van der Waals surface area contributed by atoms with Gasteiger partial charge >= 0.3 is 0 Å². The van der Waals surface area contributed by atoms with Crippen molar-refractivity contribution in [1.82, 2.24) is 0 Å². The van der Waals surface area contributed by atoms with Gasteiger partial charge in [-0.25, -0.2) is 0 Å². The summed E-state index contributed by atoms with van der Waals surface area (Å²) < 4.78 is 1.08. The molecule has 0 bridgehead atoms. The van der Waals surface area contributed by atoms with Crippen molar-refractivity contribution in [1.29, 1.82) is 0 Å². The van der Waals surface area contributed by atoms with Gasteiger partial charge in [0.25, 0.3) is 0 Å². The van der Waals surface area contributed by atoms with Crippen molar-refractivity contribution in [2.75, 3.05) is 0 Å². The first-order valence-corrected chi connectivity index (χ1v) is 5.46. The van der Waals surface area contributed by atoms with E-state index in [1.165, 1.54) is 24.8 Å². The van der Waals surface area contributed by atoms with Crippen molar-refractivity contribution in [3.8, 4) is 0 Å². The second-order valence-corrected chi connectivity index (χ2v) is 6.29. The average Bonchev–Trinajstić information content (AvgIpc) is 2.51. The quantitative estimate of drug-likeness (QED) is 0.503. The van der Waals surface area contributed by atoms with Crippen LogP contribution in [0.25, 0.3) is 0 Å². The molecule has 0 aromatic heterocycles. The Bertz CT molecular complexity index is 238. The van der Waals surface area contributed by atoms with Crippen molar-refractivity contribution < 1.29 is 0 Å². The fraction of sp³-hybridized carbons (Fsp3) is 0.556. The van der Waals surface area contributed by atoms with Crippen molar-refractivity contribution in [2.45, 2.75) is 19.3 Å². The number of hydrogen-bond acceptors (Lipinski definition) is 0. The minimum Gasteiger partial charge on any atom is -0.0990 e. The van der Waals surface area contributed by atoms with E-state index >= 15 is 0 Å². The molecule has 0 aromatic rings. The molecule has 0 unspecified atom stereocenters. The van der Waals surface area contributed by atoms with Gasteiger partial charge in [-0.05, 0) is 57.0 Å². The van der Waals surface area contributed by atoms with E-state index in [0.29, 0.717) is 5.41 Å². The molecule has 0 amide bonds. The maximum Gasteiger partial charge on any atom is 0.0573 e. The molecule has 2 heteroatoms. The highest BCUT2D eigenvalue weighted by Crippen LogP contribution is 2.67. The van der Waals surface area contributed by atoms with Crippen molar-refractivity contribution in [2.24, 2.45) is 11.3 Å². The smallest absolute Gasteiger partial charge is 0.0573 e. The normalized spacial score (nSPS) is 40.2. The van der Waals surface area contributed by atoms with Crippen LogP contribution in [0, 0.1) is 11.3 Å². The van der Waals surface area contributed by atoms with Gasteiger partial charge in [0.2, 0.25) is 0 Å². The third-order valence-corrected chi connectivity index (χ3v) is 3.43. The molecular weight excluding hydrogens is 269 g/mol. The van der Waals surface area contributed by atoms with Crippen LogP contribution in [-0.2, 0) is 0 Å². The molecule has 0 nitrogen and oxygen atoms in total. The van der Waals surface area contributed by atoms with Gasteiger partial charge in [0.15, 0.2) is 0 Å². The van der Waals surface area contributed by atoms with E-state index < -0.39 is 0 Å².